The Morgan fingerprint density at radius 1 is 1.06 bits per heavy atom. The van der Waals surface area contributed by atoms with E-state index in [1.54, 1.807) is 0 Å². The standard InChI is InChI=1S/C21H30N4O4S.HI/c1-17(2)29-20-11-9-18(10-12-20)25-21(24-14-16-30(22,26)27)23-13-6-15-28-19-7-4-3-5-8-19;/h3-5,7-12,17H,6,13-16H2,1-2H3,(H2,22,26,27)(H2,23,24,25);1H. The van der Waals surface area contributed by atoms with Gasteiger partial charge in [-0.2, -0.15) is 0 Å². The number of nitrogens with zero attached hydrogens (tertiary/aromatic N) is 1. The maximum atomic E-state index is 11.2. The molecule has 0 bridgehead atoms. The molecule has 0 unspecified atom stereocenters. The average molecular weight is 562 g/mol. The normalized spacial score (nSPS) is 11.5. The number of anilines is 1. The van der Waals surface area contributed by atoms with Crippen LogP contribution in [0.1, 0.15) is 20.3 Å². The molecule has 0 saturated carbocycles. The van der Waals surface area contributed by atoms with Gasteiger partial charge in [-0.15, -0.1) is 24.0 Å². The van der Waals surface area contributed by atoms with Crippen molar-refractivity contribution in [3.63, 3.8) is 0 Å². The highest BCUT2D eigenvalue weighted by Gasteiger charge is 2.05. The van der Waals surface area contributed by atoms with Crippen LogP contribution >= 0.6 is 24.0 Å². The topological polar surface area (TPSA) is 115 Å². The number of benzene rings is 2. The van der Waals surface area contributed by atoms with Crippen LogP contribution in [-0.2, 0) is 10.0 Å². The number of nitrogens with two attached hydrogens (primary N) is 1. The minimum atomic E-state index is -3.55. The van der Waals surface area contributed by atoms with Gasteiger partial charge in [0.15, 0.2) is 5.96 Å². The van der Waals surface area contributed by atoms with Gasteiger partial charge in [-0.05, 0) is 50.2 Å². The summed E-state index contributed by atoms with van der Waals surface area (Å²) in [5, 5.41) is 11.2. The second-order valence-corrected chi connectivity index (χ2v) is 8.59. The minimum absolute atomic E-state index is 0. The monoisotopic (exact) mass is 562 g/mol. The highest BCUT2D eigenvalue weighted by molar-refractivity contribution is 14.0. The van der Waals surface area contributed by atoms with Crippen LogP contribution in [0.4, 0.5) is 5.69 Å². The fourth-order valence-electron chi connectivity index (χ4n) is 2.44. The van der Waals surface area contributed by atoms with Crippen molar-refractivity contribution in [2.75, 3.05) is 30.8 Å². The second kappa shape index (κ2) is 14.1. The number of aliphatic imine (C=N–C) groups is 1. The van der Waals surface area contributed by atoms with Crippen molar-refractivity contribution in [1.82, 2.24) is 5.32 Å². The summed E-state index contributed by atoms with van der Waals surface area (Å²) in [6, 6.07) is 17.0. The van der Waals surface area contributed by atoms with Crippen LogP contribution in [0.2, 0.25) is 0 Å². The Bertz CT molecular complexity index is 891. The molecule has 0 fully saturated rings. The first-order valence-electron chi connectivity index (χ1n) is 9.82. The van der Waals surface area contributed by atoms with Crippen LogP contribution in [0.25, 0.3) is 0 Å². The molecular formula is C21H31IN4O4S. The maximum absolute atomic E-state index is 11.2. The number of para-hydroxylation sites is 1. The number of nitrogens with one attached hydrogen (secondary N) is 2. The lowest BCUT2D eigenvalue weighted by Crippen LogP contribution is -2.36. The third-order valence-corrected chi connectivity index (χ3v) is 4.53. The van der Waals surface area contributed by atoms with E-state index in [0.29, 0.717) is 25.5 Å². The van der Waals surface area contributed by atoms with Crippen molar-refractivity contribution in [2.24, 2.45) is 10.1 Å². The van der Waals surface area contributed by atoms with Crippen LogP contribution < -0.4 is 25.2 Å². The van der Waals surface area contributed by atoms with Crippen LogP contribution in [-0.4, -0.2) is 45.9 Å². The van der Waals surface area contributed by atoms with Crippen LogP contribution in [0.15, 0.2) is 59.6 Å². The molecular weight excluding hydrogens is 531 g/mol. The van der Waals surface area contributed by atoms with Gasteiger partial charge in [0.1, 0.15) is 11.5 Å². The van der Waals surface area contributed by atoms with Crippen LogP contribution in [0, 0.1) is 0 Å². The first-order valence-corrected chi connectivity index (χ1v) is 11.5. The Morgan fingerprint density at radius 3 is 2.35 bits per heavy atom. The maximum Gasteiger partial charge on any atom is 0.210 e. The zero-order valence-corrected chi connectivity index (χ0v) is 20.9. The number of guanidine groups is 1. The Morgan fingerprint density at radius 2 is 1.74 bits per heavy atom. The van der Waals surface area contributed by atoms with Crippen molar-refractivity contribution in [2.45, 2.75) is 26.4 Å². The zero-order valence-electron chi connectivity index (χ0n) is 17.8. The Hall–Kier alpha value is -2.05. The van der Waals surface area contributed by atoms with Gasteiger partial charge in [-0.1, -0.05) is 18.2 Å². The number of sulfonamides is 1. The highest BCUT2D eigenvalue weighted by atomic mass is 127. The van der Waals surface area contributed by atoms with E-state index >= 15 is 0 Å². The molecule has 10 heteroatoms. The summed E-state index contributed by atoms with van der Waals surface area (Å²) in [6.45, 7) is 5.12. The summed E-state index contributed by atoms with van der Waals surface area (Å²) in [5.74, 6) is 1.87. The van der Waals surface area contributed by atoms with Crippen molar-refractivity contribution < 1.29 is 17.9 Å². The van der Waals surface area contributed by atoms with Crippen molar-refractivity contribution in [3.8, 4) is 11.5 Å². The second-order valence-electron chi connectivity index (χ2n) is 6.86. The predicted octanol–water partition coefficient (Wildman–Crippen LogP) is 3.21. The van der Waals surface area contributed by atoms with Crippen LogP contribution in [0.5, 0.6) is 11.5 Å². The van der Waals surface area contributed by atoms with E-state index in [1.807, 2.05) is 68.4 Å². The molecule has 4 N–H and O–H groups in total. The average Bonchev–Trinajstić information content (AvgIpc) is 2.68. The Kier molecular flexibility index (Phi) is 12.3. The molecule has 2 aromatic rings. The van der Waals surface area contributed by atoms with E-state index in [-0.39, 0.29) is 42.4 Å². The SMILES string of the molecule is CC(C)Oc1ccc(NC(=NCCCOc2ccccc2)NCCS(N)(=O)=O)cc1.I. The van der Waals surface area contributed by atoms with E-state index in [9.17, 15) is 8.42 Å². The lowest BCUT2D eigenvalue weighted by atomic mass is 10.3. The van der Waals surface area contributed by atoms with E-state index in [1.165, 1.54) is 0 Å². The lowest BCUT2D eigenvalue weighted by molar-refractivity contribution is 0.242. The summed E-state index contributed by atoms with van der Waals surface area (Å²) in [4.78, 5) is 4.49. The van der Waals surface area contributed by atoms with Crippen molar-refractivity contribution in [3.05, 3.63) is 54.6 Å². The molecule has 0 aliphatic heterocycles. The van der Waals surface area contributed by atoms with E-state index in [4.69, 9.17) is 14.6 Å². The number of primary sulfonamides is 1. The smallest absolute Gasteiger partial charge is 0.210 e. The third kappa shape index (κ3) is 12.4. The summed E-state index contributed by atoms with van der Waals surface area (Å²) in [6.07, 6.45) is 0.803. The minimum Gasteiger partial charge on any atom is -0.494 e. The number of halogens is 1. The summed E-state index contributed by atoms with van der Waals surface area (Å²) >= 11 is 0. The fraction of sp³-hybridized carbons (Fsp3) is 0.381. The van der Waals surface area contributed by atoms with E-state index < -0.39 is 10.0 Å². The molecule has 0 spiro atoms. The predicted molar refractivity (Wildman–Crippen MR) is 136 cm³/mol. The van der Waals surface area contributed by atoms with Crippen LogP contribution in [0.3, 0.4) is 0 Å². The quantitative estimate of drug-likeness (QED) is 0.168. The number of ether oxygens (including phenoxy) is 2. The van der Waals surface area contributed by atoms with Gasteiger partial charge in [-0.25, -0.2) is 13.6 Å². The van der Waals surface area contributed by atoms with Gasteiger partial charge in [0.05, 0.1) is 18.5 Å². The third-order valence-electron chi connectivity index (χ3n) is 3.75. The molecule has 0 atom stereocenters. The molecule has 0 saturated heterocycles. The fourth-order valence-corrected chi connectivity index (χ4v) is 2.83. The molecule has 0 aliphatic rings. The van der Waals surface area contributed by atoms with Gasteiger partial charge >= 0.3 is 0 Å². The van der Waals surface area contributed by atoms with E-state index in [2.05, 4.69) is 15.6 Å². The highest BCUT2D eigenvalue weighted by Crippen LogP contribution is 2.16. The molecule has 0 aliphatic carbocycles. The molecule has 31 heavy (non-hydrogen) atoms. The molecule has 0 heterocycles. The molecule has 2 aromatic carbocycles. The molecule has 2 rings (SSSR count). The molecule has 0 amide bonds. The van der Waals surface area contributed by atoms with Crippen molar-refractivity contribution in [1.29, 1.82) is 0 Å². The number of hydrogen-bond donors (Lipinski definition) is 3. The molecule has 8 nitrogen and oxygen atoms in total. The van der Waals surface area contributed by atoms with Gasteiger partial charge in [-0.3, -0.25) is 4.99 Å². The van der Waals surface area contributed by atoms with Gasteiger partial charge in [0.25, 0.3) is 0 Å². The zero-order chi connectivity index (χ0) is 21.8. The molecule has 172 valence electrons. The largest absolute Gasteiger partial charge is 0.494 e. The first kappa shape index (κ1) is 27.0. The van der Waals surface area contributed by atoms with Gasteiger partial charge in [0.2, 0.25) is 10.0 Å². The van der Waals surface area contributed by atoms with Gasteiger partial charge in [0, 0.05) is 25.2 Å². The molecule has 0 radical (unpaired) electrons. The first-order chi connectivity index (χ1) is 14.3. The van der Waals surface area contributed by atoms with E-state index in [0.717, 1.165) is 17.2 Å². The van der Waals surface area contributed by atoms with Gasteiger partial charge < -0.3 is 20.1 Å². The number of rotatable bonds is 11. The number of hydrogen-bond acceptors (Lipinski definition) is 5. The molecule has 0 aromatic heterocycles. The summed E-state index contributed by atoms with van der Waals surface area (Å²) in [5.41, 5.74) is 0.800. The van der Waals surface area contributed by atoms with Crippen molar-refractivity contribution >= 4 is 45.6 Å². The Balaban J connectivity index is 0.00000480. The summed E-state index contributed by atoms with van der Waals surface area (Å²) in [7, 11) is -3.55. The summed E-state index contributed by atoms with van der Waals surface area (Å²) < 4.78 is 33.6. The Labute approximate surface area is 201 Å². The lowest BCUT2D eigenvalue weighted by Gasteiger charge is -2.14.